The molecule has 0 spiro atoms. The highest BCUT2D eigenvalue weighted by atomic mass is 32.1. The van der Waals surface area contributed by atoms with E-state index in [0.717, 1.165) is 24.7 Å². The molecule has 16 heavy (non-hydrogen) atoms. The number of hydrogen-bond donors (Lipinski definition) is 1. The van der Waals surface area contributed by atoms with E-state index < -0.39 is 0 Å². The summed E-state index contributed by atoms with van der Waals surface area (Å²) in [6.45, 7) is 1.01. The van der Waals surface area contributed by atoms with Gasteiger partial charge in [0.2, 0.25) is 0 Å². The van der Waals surface area contributed by atoms with Gasteiger partial charge in [-0.15, -0.1) is 11.3 Å². The van der Waals surface area contributed by atoms with Gasteiger partial charge in [0, 0.05) is 30.1 Å². The predicted octanol–water partition coefficient (Wildman–Crippen LogP) is 1.86. The molecule has 3 heterocycles. The summed E-state index contributed by atoms with van der Waals surface area (Å²) in [5, 5.41) is 5.85. The lowest BCUT2D eigenvalue weighted by atomic mass is 9.98. The van der Waals surface area contributed by atoms with Crippen molar-refractivity contribution in [3.63, 3.8) is 0 Å². The molecule has 0 aliphatic carbocycles. The van der Waals surface area contributed by atoms with Crippen molar-refractivity contribution in [3.05, 3.63) is 16.6 Å². The van der Waals surface area contributed by atoms with E-state index in [1.807, 2.05) is 5.51 Å². The Morgan fingerprint density at radius 2 is 2.19 bits per heavy atom. The molecule has 1 aromatic rings. The molecule has 0 saturated carbocycles. The van der Waals surface area contributed by atoms with Crippen LogP contribution in [0.25, 0.3) is 0 Å². The summed E-state index contributed by atoms with van der Waals surface area (Å²) in [7, 11) is 2.24. The topological polar surface area (TPSA) is 28.2 Å². The van der Waals surface area contributed by atoms with Crippen LogP contribution in [0.5, 0.6) is 0 Å². The van der Waals surface area contributed by atoms with Gasteiger partial charge >= 0.3 is 0 Å². The first-order valence-electron chi connectivity index (χ1n) is 6.14. The summed E-state index contributed by atoms with van der Waals surface area (Å²) in [6.07, 6.45) is 5.39. The summed E-state index contributed by atoms with van der Waals surface area (Å²) < 4.78 is 0. The molecule has 3 nitrogen and oxygen atoms in total. The van der Waals surface area contributed by atoms with Gasteiger partial charge in [-0.05, 0) is 32.7 Å². The molecule has 4 heteroatoms. The van der Waals surface area contributed by atoms with Crippen LogP contribution in [0.1, 0.15) is 31.4 Å². The van der Waals surface area contributed by atoms with Gasteiger partial charge in [0.1, 0.15) is 0 Å². The number of hydrogen-bond acceptors (Lipinski definition) is 4. The minimum absolute atomic E-state index is 0.750. The molecule has 2 atom stereocenters. The SMILES string of the molecule is CN(Cc1cscn1)C1CC2CCC(C1)N2. The smallest absolute Gasteiger partial charge is 0.0795 e. The van der Waals surface area contributed by atoms with Crippen molar-refractivity contribution in [3.8, 4) is 0 Å². The molecule has 0 radical (unpaired) electrons. The Kier molecular flexibility index (Phi) is 2.96. The first-order chi connectivity index (χ1) is 7.81. The zero-order valence-corrected chi connectivity index (χ0v) is 10.5. The number of thiazole rings is 1. The summed E-state index contributed by atoms with van der Waals surface area (Å²) >= 11 is 1.69. The Hall–Kier alpha value is -0.450. The minimum atomic E-state index is 0.750. The largest absolute Gasteiger partial charge is 0.311 e. The number of fused-ring (bicyclic) bond motifs is 2. The third kappa shape index (κ3) is 2.14. The molecular formula is C12H19N3S. The highest BCUT2D eigenvalue weighted by Crippen LogP contribution is 2.29. The quantitative estimate of drug-likeness (QED) is 0.869. The number of rotatable bonds is 3. The number of piperidine rings is 1. The lowest BCUT2D eigenvalue weighted by Crippen LogP contribution is -2.46. The first kappa shape index (κ1) is 10.7. The van der Waals surface area contributed by atoms with Crippen LogP contribution in [-0.2, 0) is 6.54 Å². The fourth-order valence-electron chi connectivity index (χ4n) is 3.09. The molecule has 2 bridgehead atoms. The van der Waals surface area contributed by atoms with E-state index in [0.29, 0.717) is 0 Å². The van der Waals surface area contributed by atoms with Crippen molar-refractivity contribution < 1.29 is 0 Å². The lowest BCUT2D eigenvalue weighted by molar-refractivity contribution is 0.164. The second-order valence-electron chi connectivity index (χ2n) is 5.16. The highest BCUT2D eigenvalue weighted by molar-refractivity contribution is 7.07. The molecule has 0 amide bonds. The molecule has 2 saturated heterocycles. The van der Waals surface area contributed by atoms with Gasteiger partial charge in [0.15, 0.2) is 0 Å². The van der Waals surface area contributed by atoms with Crippen molar-refractivity contribution in [1.29, 1.82) is 0 Å². The van der Waals surface area contributed by atoms with E-state index in [2.05, 4.69) is 27.6 Å². The summed E-state index contributed by atoms with van der Waals surface area (Å²) in [6, 6.07) is 2.31. The van der Waals surface area contributed by atoms with Crippen molar-refractivity contribution in [1.82, 2.24) is 15.2 Å². The van der Waals surface area contributed by atoms with Crippen LogP contribution in [0.15, 0.2) is 10.9 Å². The van der Waals surface area contributed by atoms with Gasteiger partial charge in [-0.1, -0.05) is 0 Å². The maximum absolute atomic E-state index is 4.37. The van der Waals surface area contributed by atoms with Crippen molar-refractivity contribution in [2.24, 2.45) is 0 Å². The van der Waals surface area contributed by atoms with E-state index in [1.165, 1.54) is 31.4 Å². The van der Waals surface area contributed by atoms with E-state index in [4.69, 9.17) is 0 Å². The molecular weight excluding hydrogens is 218 g/mol. The third-order valence-electron chi connectivity index (χ3n) is 3.97. The maximum Gasteiger partial charge on any atom is 0.0795 e. The van der Waals surface area contributed by atoms with Crippen LogP contribution in [0.4, 0.5) is 0 Å². The number of nitrogens with zero attached hydrogens (tertiary/aromatic N) is 2. The second-order valence-corrected chi connectivity index (χ2v) is 5.88. The van der Waals surface area contributed by atoms with Crippen LogP contribution in [0.3, 0.4) is 0 Å². The van der Waals surface area contributed by atoms with Gasteiger partial charge in [0.05, 0.1) is 11.2 Å². The van der Waals surface area contributed by atoms with Crippen molar-refractivity contribution in [2.75, 3.05) is 7.05 Å². The van der Waals surface area contributed by atoms with Gasteiger partial charge in [-0.2, -0.15) is 0 Å². The fourth-order valence-corrected chi connectivity index (χ4v) is 3.64. The normalized spacial score (nSPS) is 33.5. The van der Waals surface area contributed by atoms with E-state index in [9.17, 15) is 0 Å². The third-order valence-corrected chi connectivity index (χ3v) is 4.60. The minimum Gasteiger partial charge on any atom is -0.311 e. The van der Waals surface area contributed by atoms with Crippen LogP contribution >= 0.6 is 11.3 Å². The fraction of sp³-hybridized carbons (Fsp3) is 0.750. The van der Waals surface area contributed by atoms with Crippen LogP contribution in [-0.4, -0.2) is 35.1 Å². The van der Waals surface area contributed by atoms with Gasteiger partial charge in [-0.25, -0.2) is 4.98 Å². The Labute approximate surface area is 101 Å². The predicted molar refractivity (Wildman–Crippen MR) is 66.5 cm³/mol. The van der Waals surface area contributed by atoms with Crippen LogP contribution in [0, 0.1) is 0 Å². The molecule has 1 aromatic heterocycles. The lowest BCUT2D eigenvalue weighted by Gasteiger charge is -2.35. The molecule has 3 rings (SSSR count). The van der Waals surface area contributed by atoms with Crippen LogP contribution < -0.4 is 5.32 Å². The average Bonchev–Trinajstić information content (AvgIpc) is 2.89. The Morgan fingerprint density at radius 3 is 2.81 bits per heavy atom. The summed E-state index contributed by atoms with van der Waals surface area (Å²) in [5.41, 5.74) is 3.15. The number of aromatic nitrogens is 1. The van der Waals surface area contributed by atoms with Gasteiger partial charge in [-0.3, -0.25) is 4.90 Å². The Morgan fingerprint density at radius 1 is 1.44 bits per heavy atom. The van der Waals surface area contributed by atoms with Crippen molar-refractivity contribution >= 4 is 11.3 Å². The Balaban J connectivity index is 1.60. The summed E-state index contributed by atoms with van der Waals surface area (Å²) in [5.74, 6) is 0. The Bertz CT molecular complexity index is 326. The molecule has 2 unspecified atom stereocenters. The van der Waals surface area contributed by atoms with Crippen LogP contribution in [0.2, 0.25) is 0 Å². The molecule has 2 aliphatic heterocycles. The maximum atomic E-state index is 4.37. The van der Waals surface area contributed by atoms with E-state index >= 15 is 0 Å². The molecule has 1 N–H and O–H groups in total. The monoisotopic (exact) mass is 237 g/mol. The van der Waals surface area contributed by atoms with Gasteiger partial charge < -0.3 is 5.32 Å². The van der Waals surface area contributed by atoms with E-state index in [1.54, 1.807) is 11.3 Å². The van der Waals surface area contributed by atoms with E-state index in [-0.39, 0.29) is 0 Å². The van der Waals surface area contributed by atoms with Crippen molar-refractivity contribution in [2.45, 2.75) is 50.4 Å². The molecule has 2 aliphatic rings. The highest BCUT2D eigenvalue weighted by Gasteiger charge is 2.34. The average molecular weight is 237 g/mol. The second kappa shape index (κ2) is 4.43. The standard InChI is InChI=1S/C12H19N3S/c1-15(6-11-7-16-8-13-11)12-4-9-2-3-10(5-12)14-9/h7-10,12,14H,2-6H2,1H3. The zero-order valence-electron chi connectivity index (χ0n) is 9.72. The molecule has 0 aromatic carbocycles. The molecule has 2 fully saturated rings. The van der Waals surface area contributed by atoms with Gasteiger partial charge in [0.25, 0.3) is 0 Å². The molecule has 88 valence electrons. The zero-order chi connectivity index (χ0) is 11.0. The first-order valence-corrected chi connectivity index (χ1v) is 7.09. The number of nitrogens with one attached hydrogen (secondary N) is 1. The summed E-state index contributed by atoms with van der Waals surface area (Å²) in [4.78, 5) is 6.85.